The lowest BCUT2D eigenvalue weighted by Gasteiger charge is -2.31. The van der Waals surface area contributed by atoms with E-state index in [1.54, 1.807) is 41.5 Å². The van der Waals surface area contributed by atoms with Crippen molar-refractivity contribution in [3.63, 3.8) is 0 Å². The molecule has 0 bridgehead atoms. The summed E-state index contributed by atoms with van der Waals surface area (Å²) in [6, 6.07) is 3.82. The zero-order chi connectivity index (χ0) is 58.7. The van der Waals surface area contributed by atoms with Crippen molar-refractivity contribution in [3.8, 4) is 0 Å². The predicted molar refractivity (Wildman–Crippen MR) is 294 cm³/mol. The van der Waals surface area contributed by atoms with Gasteiger partial charge in [-0.1, -0.05) is 62.3 Å². The second-order valence-electron chi connectivity index (χ2n) is 26.3. The first kappa shape index (κ1) is 66.0. The fourth-order valence-electron chi connectivity index (χ4n) is 8.81. The molecule has 0 saturated carbocycles. The lowest BCUT2D eigenvalue weighted by molar-refractivity contribution is -0.102. The first-order valence-electron chi connectivity index (χ1n) is 25.8. The largest absolute Gasteiger partial charge is 0.473 e. The standard InChI is InChI=1S/C17H29N2O7P.C17H29N2O6PS.C17H28N2O4/c1-16(2,3)10-12-11(25-27(22,23)26-17(4,5)6)9-14(24-12)19-8-7-13(20)18-15(19)21;1-16(2,3)10-12-11(24-26(22,27)25-17(4,5)6)9-14(23-12)19-8-7-13(20)18-15(19)21;1-16(2,3)10-12-11(23-17(4,5)6)9-14(22-12)19-8-7-13(20)18-15(19)21/h7-8,11-12,14H,9-10H2,1-6H3,(H,22,23)(H,18,20,21);7-8,11-12,14H,9-10H2,1-6H3,(H,22,27)(H,18,20,21);7-8,11-12,14H,9-10H2,1-6H3,(H,18,20,21)/t11?,12-,14-;11?,12-,14-,26?;11?,12-,14-/m111/s1. The van der Waals surface area contributed by atoms with Crippen LogP contribution in [-0.4, -0.2) is 91.9 Å². The molecular formula is C51H86N6O17P2S. The van der Waals surface area contributed by atoms with Crippen LogP contribution in [0.2, 0.25) is 0 Å². The maximum absolute atomic E-state index is 12.4. The predicted octanol–water partition coefficient (Wildman–Crippen LogP) is 7.68. The molecule has 11 atom stereocenters. The summed E-state index contributed by atoms with van der Waals surface area (Å²) in [6.07, 6.45) is 3.18. The van der Waals surface area contributed by atoms with Crippen LogP contribution in [-0.2, 0) is 53.4 Å². The van der Waals surface area contributed by atoms with Crippen LogP contribution < -0.4 is 33.7 Å². The van der Waals surface area contributed by atoms with Gasteiger partial charge in [0.1, 0.15) is 18.7 Å². The number of aromatic nitrogens is 6. The second kappa shape index (κ2) is 25.1. The molecule has 3 saturated heterocycles. The molecule has 26 heteroatoms. The van der Waals surface area contributed by atoms with Crippen molar-refractivity contribution in [1.29, 1.82) is 0 Å². The third-order valence-corrected chi connectivity index (χ3v) is 14.4. The van der Waals surface area contributed by atoms with Gasteiger partial charge in [0.05, 0.1) is 53.4 Å². The molecule has 438 valence electrons. The maximum atomic E-state index is 12.4. The van der Waals surface area contributed by atoms with Gasteiger partial charge < -0.3 is 37.8 Å². The smallest absolute Gasteiger partial charge is 0.370 e. The highest BCUT2D eigenvalue weighted by Crippen LogP contribution is 2.53. The van der Waals surface area contributed by atoms with Gasteiger partial charge in [-0.25, -0.2) is 18.9 Å². The highest BCUT2D eigenvalue weighted by molar-refractivity contribution is 8.07. The number of rotatable bonds is 13. The van der Waals surface area contributed by atoms with Crippen LogP contribution in [0.5, 0.6) is 0 Å². The minimum absolute atomic E-state index is 0.0694. The summed E-state index contributed by atoms with van der Waals surface area (Å²) in [5.74, 6) is 0. The highest BCUT2D eigenvalue weighted by atomic mass is 32.5. The Morgan fingerprint density at radius 1 is 0.506 bits per heavy atom. The molecular weight excluding hydrogens is 1060 g/mol. The molecule has 0 amide bonds. The van der Waals surface area contributed by atoms with Gasteiger partial charge in [0.25, 0.3) is 16.7 Å². The fraction of sp³-hybridized carbons (Fsp3) is 0.765. The summed E-state index contributed by atoms with van der Waals surface area (Å²) < 4.78 is 62.6. The quantitative estimate of drug-likeness (QED) is 0.102. The topological polar surface area (TPSA) is 296 Å². The zero-order valence-corrected chi connectivity index (χ0v) is 50.7. The van der Waals surface area contributed by atoms with Crippen LogP contribution in [0.4, 0.5) is 0 Å². The van der Waals surface area contributed by atoms with Gasteiger partial charge >= 0.3 is 31.6 Å². The van der Waals surface area contributed by atoms with E-state index in [2.05, 4.69) is 56.5 Å². The molecule has 6 heterocycles. The monoisotopic (exact) mass is 1150 g/mol. The van der Waals surface area contributed by atoms with Crippen LogP contribution in [0, 0.1) is 16.2 Å². The molecule has 3 aliphatic heterocycles. The molecule has 77 heavy (non-hydrogen) atoms. The number of nitrogens with zero attached hydrogens (tertiary/aromatic N) is 3. The Bertz CT molecular complexity index is 2750. The van der Waals surface area contributed by atoms with Gasteiger partial charge in [-0.05, 0) is 110 Å². The van der Waals surface area contributed by atoms with Crippen LogP contribution in [0.15, 0.2) is 65.6 Å². The van der Waals surface area contributed by atoms with Crippen molar-refractivity contribution < 1.29 is 51.4 Å². The normalized spacial score (nSPS) is 26.0. The molecule has 3 aromatic rings. The molecule has 5 unspecified atom stereocenters. The number of phosphoric ester groups is 1. The van der Waals surface area contributed by atoms with Gasteiger partial charge in [0, 0.05) is 56.1 Å². The van der Waals surface area contributed by atoms with Gasteiger partial charge in [-0.2, -0.15) is 0 Å². The molecule has 6 rings (SSSR count). The minimum atomic E-state index is -4.33. The first-order chi connectivity index (χ1) is 34.7. The molecule has 23 nitrogen and oxygen atoms in total. The minimum Gasteiger partial charge on any atom is -0.370 e. The van der Waals surface area contributed by atoms with E-state index in [4.69, 9.17) is 48.8 Å². The van der Waals surface area contributed by atoms with Gasteiger partial charge in [0.2, 0.25) is 0 Å². The van der Waals surface area contributed by atoms with E-state index in [1.165, 1.54) is 50.5 Å². The van der Waals surface area contributed by atoms with Crippen molar-refractivity contribution in [2.24, 2.45) is 16.2 Å². The van der Waals surface area contributed by atoms with Gasteiger partial charge in [0.15, 0.2) is 0 Å². The van der Waals surface area contributed by atoms with E-state index in [0.717, 1.165) is 6.42 Å². The Labute approximate surface area is 455 Å². The molecule has 5 N–H and O–H groups in total. The van der Waals surface area contributed by atoms with Crippen LogP contribution >= 0.6 is 14.5 Å². The van der Waals surface area contributed by atoms with E-state index >= 15 is 0 Å². The lowest BCUT2D eigenvalue weighted by Crippen LogP contribution is -2.35. The Morgan fingerprint density at radius 2 is 0.805 bits per heavy atom. The van der Waals surface area contributed by atoms with Crippen LogP contribution in [0.3, 0.4) is 0 Å². The summed E-state index contributed by atoms with van der Waals surface area (Å²) in [5, 5.41) is 0. The Balaban J connectivity index is 0.000000250. The first-order valence-corrected chi connectivity index (χ1v) is 29.9. The average Bonchev–Trinajstić information content (AvgIpc) is 3.86. The number of hydrogen-bond acceptors (Lipinski definition) is 16. The molecule has 3 aromatic heterocycles. The number of aromatic amines is 3. The third kappa shape index (κ3) is 22.9. The number of phosphoric acid groups is 1. The summed E-state index contributed by atoms with van der Waals surface area (Å²) in [7, 11) is -4.33. The third-order valence-electron chi connectivity index (χ3n) is 11.3. The van der Waals surface area contributed by atoms with Gasteiger partial charge in [-0.15, -0.1) is 0 Å². The van der Waals surface area contributed by atoms with Crippen molar-refractivity contribution in [1.82, 2.24) is 28.7 Å². The van der Waals surface area contributed by atoms with E-state index in [1.807, 2.05) is 41.5 Å². The molecule has 3 fully saturated rings. The average molecular weight is 1150 g/mol. The van der Waals surface area contributed by atoms with E-state index < -0.39 is 96.5 Å². The molecule has 0 radical (unpaired) electrons. The number of H-pyrrole nitrogens is 3. The summed E-state index contributed by atoms with van der Waals surface area (Å²) >= 11 is 5.17. The molecule has 0 aromatic carbocycles. The molecule has 0 spiro atoms. The van der Waals surface area contributed by atoms with E-state index in [9.17, 15) is 43.1 Å². The Morgan fingerprint density at radius 3 is 1.09 bits per heavy atom. The second-order valence-corrected chi connectivity index (χ2v) is 30.4. The summed E-state index contributed by atoms with van der Waals surface area (Å²) in [4.78, 5) is 97.2. The lowest BCUT2D eigenvalue weighted by atomic mass is 9.87. The highest BCUT2D eigenvalue weighted by Gasteiger charge is 2.46. The van der Waals surface area contributed by atoms with E-state index in [-0.39, 0.29) is 46.6 Å². The van der Waals surface area contributed by atoms with Crippen molar-refractivity contribution in [3.05, 3.63) is 99.3 Å². The summed E-state index contributed by atoms with van der Waals surface area (Å²) in [6.45, 7) is 31.6. The Kier molecular flexibility index (Phi) is 21.5. The van der Waals surface area contributed by atoms with Crippen molar-refractivity contribution in [2.45, 2.75) is 235 Å². The maximum Gasteiger partial charge on any atom is 0.473 e. The molecule has 3 aliphatic rings. The fourth-order valence-corrected chi connectivity index (χ4v) is 12.4. The number of ether oxygens (including phenoxy) is 4. The Hall–Kier alpha value is -3.48. The summed E-state index contributed by atoms with van der Waals surface area (Å²) in [5.41, 5.74) is -4.92. The van der Waals surface area contributed by atoms with Gasteiger partial charge in [-0.3, -0.25) is 52.1 Å². The SMILES string of the molecule is CC(C)(C)C[C@H]1O[C@@H](n2ccc(=O)[nH]c2=O)CC1OC(C)(C)C.CC(C)(C)C[C@H]1O[C@@H](n2ccc(=O)[nH]c2=O)CC1OP(=O)(O)OC(C)(C)C.CC(C)(C)C[C@H]1O[C@@H](n2ccc(=O)[nH]c2=O)CC1OP(O)(=S)OC(C)(C)C. The van der Waals surface area contributed by atoms with E-state index in [0.29, 0.717) is 25.7 Å². The van der Waals surface area contributed by atoms with Crippen molar-refractivity contribution >= 4 is 26.3 Å². The van der Waals surface area contributed by atoms with Crippen LogP contribution in [0.1, 0.15) is 182 Å². The van der Waals surface area contributed by atoms with Crippen molar-refractivity contribution in [2.75, 3.05) is 0 Å². The molecule has 0 aliphatic carbocycles. The zero-order valence-electron chi connectivity index (χ0n) is 48.1. The van der Waals surface area contributed by atoms with Crippen LogP contribution in [0.25, 0.3) is 0 Å². The number of nitrogens with one attached hydrogen (secondary N) is 3. The number of hydrogen-bond donors (Lipinski definition) is 5.